The molecule has 2 aromatic heterocycles. The van der Waals surface area contributed by atoms with Gasteiger partial charge in [-0.1, -0.05) is 30.3 Å². The summed E-state index contributed by atoms with van der Waals surface area (Å²) in [5.74, 6) is 2.04. The summed E-state index contributed by atoms with van der Waals surface area (Å²) in [4.78, 5) is 23.3. The molecule has 3 aromatic rings. The van der Waals surface area contributed by atoms with Crippen LogP contribution in [0.15, 0.2) is 53.2 Å². The van der Waals surface area contributed by atoms with Gasteiger partial charge in [0, 0.05) is 25.6 Å². The van der Waals surface area contributed by atoms with Gasteiger partial charge in [-0.15, -0.1) is 0 Å². The molecule has 0 radical (unpaired) electrons. The van der Waals surface area contributed by atoms with E-state index in [1.807, 2.05) is 18.2 Å². The van der Waals surface area contributed by atoms with E-state index in [0.717, 1.165) is 30.2 Å². The minimum atomic E-state index is -0.0752. The molecule has 0 unspecified atom stereocenters. The van der Waals surface area contributed by atoms with Gasteiger partial charge in [-0.25, -0.2) is 4.98 Å². The van der Waals surface area contributed by atoms with E-state index < -0.39 is 0 Å². The van der Waals surface area contributed by atoms with Gasteiger partial charge < -0.3 is 14.1 Å². The number of aromatic nitrogens is 2. The molecular formula is C21H21N3O3. The van der Waals surface area contributed by atoms with Crippen molar-refractivity contribution in [2.75, 3.05) is 13.7 Å². The van der Waals surface area contributed by atoms with Crippen molar-refractivity contribution in [3.8, 4) is 5.75 Å². The van der Waals surface area contributed by atoms with Crippen molar-refractivity contribution in [1.82, 2.24) is 14.9 Å². The molecule has 0 spiro atoms. The van der Waals surface area contributed by atoms with Gasteiger partial charge in [0.1, 0.15) is 17.2 Å². The predicted molar refractivity (Wildman–Crippen MR) is 99.6 cm³/mol. The maximum atomic E-state index is 12.9. The van der Waals surface area contributed by atoms with Gasteiger partial charge in [-0.05, 0) is 18.1 Å². The molecule has 0 aliphatic carbocycles. The molecule has 1 aliphatic heterocycles. The lowest BCUT2D eigenvalue weighted by atomic mass is 10.1. The predicted octanol–water partition coefficient (Wildman–Crippen LogP) is 3.06. The van der Waals surface area contributed by atoms with E-state index in [2.05, 4.69) is 22.1 Å². The van der Waals surface area contributed by atoms with E-state index >= 15 is 0 Å². The Bertz CT molecular complexity index is 937. The van der Waals surface area contributed by atoms with Crippen molar-refractivity contribution in [1.29, 1.82) is 0 Å². The first-order valence-corrected chi connectivity index (χ1v) is 9.03. The number of carbonyl (C=O) groups is 1. The molecule has 0 saturated heterocycles. The van der Waals surface area contributed by atoms with E-state index in [0.29, 0.717) is 30.8 Å². The van der Waals surface area contributed by atoms with Crippen LogP contribution >= 0.6 is 0 Å². The van der Waals surface area contributed by atoms with Crippen LogP contribution in [0.2, 0.25) is 0 Å². The van der Waals surface area contributed by atoms with E-state index in [-0.39, 0.29) is 5.91 Å². The fraction of sp³-hybridized carbons (Fsp3) is 0.286. The molecule has 6 nitrogen and oxygen atoms in total. The Hall–Kier alpha value is -3.15. The molecule has 1 aliphatic rings. The molecule has 0 bridgehead atoms. The number of nitrogens with zero attached hydrogens (tertiary/aromatic N) is 3. The molecule has 138 valence electrons. The molecule has 1 aromatic carbocycles. The van der Waals surface area contributed by atoms with Crippen molar-refractivity contribution in [2.45, 2.75) is 25.8 Å². The maximum absolute atomic E-state index is 12.9. The largest absolute Gasteiger partial charge is 0.494 e. The van der Waals surface area contributed by atoms with Gasteiger partial charge >= 0.3 is 0 Å². The highest BCUT2D eigenvalue weighted by molar-refractivity contribution is 5.96. The van der Waals surface area contributed by atoms with Crippen LogP contribution in [-0.4, -0.2) is 34.4 Å². The monoisotopic (exact) mass is 363 g/mol. The molecule has 27 heavy (non-hydrogen) atoms. The van der Waals surface area contributed by atoms with Crippen LogP contribution in [0.4, 0.5) is 0 Å². The molecule has 4 rings (SSSR count). The summed E-state index contributed by atoms with van der Waals surface area (Å²) < 4.78 is 11.2. The van der Waals surface area contributed by atoms with Crippen LogP contribution in [0.25, 0.3) is 0 Å². The summed E-state index contributed by atoms with van der Waals surface area (Å²) in [6, 6.07) is 12.0. The summed E-state index contributed by atoms with van der Waals surface area (Å²) in [6.07, 6.45) is 5.47. The third-order valence-electron chi connectivity index (χ3n) is 4.76. The van der Waals surface area contributed by atoms with E-state index in [4.69, 9.17) is 9.15 Å². The van der Waals surface area contributed by atoms with Gasteiger partial charge in [0.25, 0.3) is 5.91 Å². The Balaban J connectivity index is 1.45. The smallest absolute Gasteiger partial charge is 0.258 e. The van der Waals surface area contributed by atoms with Crippen LogP contribution in [0.3, 0.4) is 0 Å². The quantitative estimate of drug-likeness (QED) is 0.697. The Labute approximate surface area is 157 Å². The Kier molecular flexibility index (Phi) is 4.87. The topological polar surface area (TPSA) is 68.5 Å². The second kappa shape index (κ2) is 7.61. The molecule has 0 atom stereocenters. The zero-order valence-electron chi connectivity index (χ0n) is 15.2. The lowest BCUT2D eigenvalue weighted by Crippen LogP contribution is -2.36. The number of hydrogen-bond acceptors (Lipinski definition) is 5. The normalized spacial score (nSPS) is 13.3. The highest BCUT2D eigenvalue weighted by atomic mass is 16.5. The molecule has 6 heteroatoms. The lowest BCUT2D eigenvalue weighted by molar-refractivity contribution is 0.0724. The summed E-state index contributed by atoms with van der Waals surface area (Å²) in [5.41, 5.74) is 2.63. The van der Waals surface area contributed by atoms with E-state index in [1.54, 1.807) is 30.5 Å². The second-order valence-electron chi connectivity index (χ2n) is 6.52. The Morgan fingerprint density at radius 2 is 2.07 bits per heavy atom. The third kappa shape index (κ3) is 3.69. The van der Waals surface area contributed by atoms with Gasteiger partial charge in [0.05, 0.1) is 25.4 Å². The Morgan fingerprint density at radius 3 is 2.89 bits per heavy atom. The number of oxazole rings is 1. The number of benzene rings is 1. The highest BCUT2D eigenvalue weighted by Gasteiger charge is 2.27. The third-order valence-corrected chi connectivity index (χ3v) is 4.76. The number of methoxy groups -OCH3 is 1. The van der Waals surface area contributed by atoms with Crippen molar-refractivity contribution in [3.05, 3.63) is 77.3 Å². The van der Waals surface area contributed by atoms with Crippen molar-refractivity contribution in [2.24, 2.45) is 0 Å². The highest BCUT2D eigenvalue weighted by Crippen LogP contribution is 2.24. The number of rotatable bonds is 5. The van der Waals surface area contributed by atoms with Gasteiger partial charge in [0.15, 0.2) is 5.89 Å². The summed E-state index contributed by atoms with van der Waals surface area (Å²) >= 11 is 0. The molecule has 0 fully saturated rings. The number of ether oxygens (including phenoxy) is 1. The minimum absolute atomic E-state index is 0.0752. The fourth-order valence-corrected chi connectivity index (χ4v) is 3.32. The van der Waals surface area contributed by atoms with Crippen LogP contribution in [0, 0.1) is 0 Å². The zero-order valence-corrected chi connectivity index (χ0v) is 15.2. The summed E-state index contributed by atoms with van der Waals surface area (Å²) in [7, 11) is 1.54. The van der Waals surface area contributed by atoms with Crippen molar-refractivity contribution in [3.63, 3.8) is 0 Å². The van der Waals surface area contributed by atoms with Crippen LogP contribution in [-0.2, 0) is 25.8 Å². The minimum Gasteiger partial charge on any atom is -0.494 e. The number of amides is 1. The molecular weight excluding hydrogens is 342 g/mol. The summed E-state index contributed by atoms with van der Waals surface area (Å²) in [6.45, 7) is 1.05. The average Bonchev–Trinajstić information content (AvgIpc) is 3.14. The fourth-order valence-electron chi connectivity index (χ4n) is 3.32. The zero-order chi connectivity index (χ0) is 18.6. The average molecular weight is 363 g/mol. The number of hydrogen-bond donors (Lipinski definition) is 0. The van der Waals surface area contributed by atoms with E-state index in [1.165, 1.54) is 5.56 Å². The molecule has 0 N–H and O–H groups in total. The van der Waals surface area contributed by atoms with Crippen molar-refractivity contribution < 1.29 is 13.9 Å². The number of aryl methyl sites for hydroxylation is 2. The summed E-state index contributed by atoms with van der Waals surface area (Å²) in [5, 5.41) is 0. The van der Waals surface area contributed by atoms with Crippen LogP contribution in [0.5, 0.6) is 5.75 Å². The Morgan fingerprint density at radius 1 is 1.22 bits per heavy atom. The van der Waals surface area contributed by atoms with Gasteiger partial charge in [-0.3, -0.25) is 9.78 Å². The molecule has 3 heterocycles. The number of pyridine rings is 1. The van der Waals surface area contributed by atoms with E-state index in [9.17, 15) is 4.79 Å². The SMILES string of the molecule is COc1cnccc1C(=O)N1CCc2oc(CCc3ccccc3)nc2C1. The van der Waals surface area contributed by atoms with Gasteiger partial charge in [0.2, 0.25) is 0 Å². The van der Waals surface area contributed by atoms with Crippen molar-refractivity contribution >= 4 is 5.91 Å². The number of carbonyl (C=O) groups excluding carboxylic acids is 1. The standard InChI is InChI=1S/C21H21N3O3/c1-26-19-13-22-11-9-16(19)21(25)24-12-10-18-17(14-24)23-20(27-18)8-7-15-5-3-2-4-6-15/h2-6,9,11,13H,7-8,10,12,14H2,1H3. The maximum Gasteiger partial charge on any atom is 0.258 e. The van der Waals surface area contributed by atoms with Gasteiger partial charge in [-0.2, -0.15) is 0 Å². The first-order valence-electron chi connectivity index (χ1n) is 9.03. The first kappa shape index (κ1) is 17.3. The van der Waals surface area contributed by atoms with Crippen LogP contribution in [0.1, 0.15) is 33.3 Å². The van der Waals surface area contributed by atoms with Crippen LogP contribution < -0.4 is 4.74 Å². The molecule has 0 saturated carbocycles. The first-order chi connectivity index (χ1) is 13.2. The second-order valence-corrected chi connectivity index (χ2v) is 6.52. The lowest BCUT2D eigenvalue weighted by Gasteiger charge is -2.25. The molecule has 1 amide bonds. The number of fused-ring (bicyclic) bond motifs is 1.